The third-order valence-electron chi connectivity index (χ3n) is 9.76. The van der Waals surface area contributed by atoms with Crippen LogP contribution in [-0.2, 0) is 28.6 Å². The normalized spacial score (nSPS) is 13.4. The number of likely N-dealkylation sites (N-methyl/N-ethyl adjacent to an activating group) is 1. The number of ether oxygens (including phenoxy) is 3. The average Bonchev–Trinajstić information content (AvgIpc) is 3.14. The lowest BCUT2D eigenvalue weighted by Gasteiger charge is -2.31. The van der Waals surface area contributed by atoms with Crippen LogP contribution in [0.4, 0.5) is 0 Å². The van der Waals surface area contributed by atoms with Gasteiger partial charge in [-0.1, -0.05) is 146 Å². The van der Waals surface area contributed by atoms with Crippen molar-refractivity contribution in [2.75, 3.05) is 41.0 Å². The molecule has 55 heavy (non-hydrogen) atoms. The van der Waals surface area contributed by atoms with Crippen LogP contribution in [0.2, 0.25) is 0 Å². The highest BCUT2D eigenvalue weighted by atomic mass is 16.6. The molecule has 0 fully saturated rings. The largest absolute Gasteiger partial charge is 0.477 e. The van der Waals surface area contributed by atoms with E-state index in [-0.39, 0.29) is 36.2 Å². The van der Waals surface area contributed by atoms with E-state index < -0.39 is 18.1 Å². The standard InChI is InChI=1S/C47H83NO7/c1-6-8-10-12-14-16-18-20-21-22-23-24-26-27-29-31-33-35-37-45(49)54-42-43(41-53-40-39-44(47(51)52)48(3,4)5)55-46(50)38-36-34-32-30-28-25-19-17-15-13-11-9-7-2/h18,20-25,28,43-44H,6-17,19,26-27,29-42H2,1-5H3/p+1/b20-18+,22-21+,24-23+,28-25+. The molecule has 2 atom stereocenters. The molecule has 2 unspecified atom stereocenters. The van der Waals surface area contributed by atoms with E-state index in [1.54, 1.807) is 0 Å². The van der Waals surface area contributed by atoms with Gasteiger partial charge in [0.1, 0.15) is 6.61 Å². The van der Waals surface area contributed by atoms with Gasteiger partial charge in [0.15, 0.2) is 12.1 Å². The average molecular weight is 775 g/mol. The fraction of sp³-hybridized carbons (Fsp3) is 0.766. The fourth-order valence-corrected chi connectivity index (χ4v) is 6.26. The van der Waals surface area contributed by atoms with Crippen LogP contribution in [0.5, 0.6) is 0 Å². The summed E-state index contributed by atoms with van der Waals surface area (Å²) in [6, 6.07) is -0.620. The Bertz CT molecular complexity index is 1040. The van der Waals surface area contributed by atoms with Crippen molar-refractivity contribution in [1.29, 1.82) is 0 Å². The lowest BCUT2D eigenvalue weighted by atomic mass is 10.1. The first kappa shape index (κ1) is 52.3. The van der Waals surface area contributed by atoms with Gasteiger partial charge >= 0.3 is 17.9 Å². The number of carbonyl (C=O) groups is 3. The first-order valence-electron chi connectivity index (χ1n) is 22.2. The Hall–Kier alpha value is -2.71. The van der Waals surface area contributed by atoms with E-state index >= 15 is 0 Å². The van der Waals surface area contributed by atoms with Crippen molar-refractivity contribution in [3.05, 3.63) is 48.6 Å². The molecule has 0 heterocycles. The lowest BCUT2D eigenvalue weighted by Crippen LogP contribution is -2.50. The van der Waals surface area contributed by atoms with Crippen LogP contribution >= 0.6 is 0 Å². The molecule has 0 saturated carbocycles. The number of allylic oxidation sites excluding steroid dienone is 8. The van der Waals surface area contributed by atoms with Crippen molar-refractivity contribution < 1.29 is 38.2 Å². The SMILES string of the molecule is CCCCCCC/C=C/C=C/C=C/CCCCCCCC(=O)OCC(COCCC(C(=O)O)[N+](C)(C)C)OC(=O)CCCCC/C=C/CCCCCCCC. The number of nitrogens with zero attached hydrogens (tertiary/aromatic N) is 1. The van der Waals surface area contributed by atoms with Crippen LogP contribution in [-0.4, -0.2) is 80.6 Å². The van der Waals surface area contributed by atoms with Crippen molar-refractivity contribution in [2.24, 2.45) is 0 Å². The van der Waals surface area contributed by atoms with Gasteiger partial charge in [-0.25, -0.2) is 4.79 Å². The van der Waals surface area contributed by atoms with Gasteiger partial charge in [-0.15, -0.1) is 0 Å². The molecule has 0 aliphatic carbocycles. The number of quaternary nitrogens is 1. The quantitative estimate of drug-likeness (QED) is 0.0218. The number of hydrogen-bond donors (Lipinski definition) is 1. The summed E-state index contributed by atoms with van der Waals surface area (Å²) in [5.41, 5.74) is 0. The molecule has 0 radical (unpaired) electrons. The maximum atomic E-state index is 12.7. The second-order valence-electron chi connectivity index (χ2n) is 16.0. The fourth-order valence-electron chi connectivity index (χ4n) is 6.26. The Morgan fingerprint density at radius 2 is 0.982 bits per heavy atom. The minimum absolute atomic E-state index is 0.0477. The molecule has 0 rings (SSSR count). The zero-order valence-corrected chi connectivity index (χ0v) is 36.1. The molecule has 0 spiro atoms. The van der Waals surface area contributed by atoms with E-state index in [0.717, 1.165) is 77.0 Å². The molecule has 8 heteroatoms. The Labute approximate surface area is 337 Å². The Morgan fingerprint density at radius 1 is 0.545 bits per heavy atom. The first-order valence-corrected chi connectivity index (χ1v) is 22.2. The number of hydrogen-bond acceptors (Lipinski definition) is 6. The topological polar surface area (TPSA) is 99.1 Å². The molecule has 0 aliphatic heterocycles. The monoisotopic (exact) mass is 775 g/mol. The predicted octanol–water partition coefficient (Wildman–Crippen LogP) is 12.0. The zero-order valence-electron chi connectivity index (χ0n) is 36.1. The molecular weight excluding hydrogens is 691 g/mol. The highest BCUT2D eigenvalue weighted by molar-refractivity contribution is 5.72. The van der Waals surface area contributed by atoms with Gasteiger partial charge in [0.05, 0.1) is 34.4 Å². The van der Waals surface area contributed by atoms with E-state index in [1.807, 2.05) is 21.1 Å². The van der Waals surface area contributed by atoms with Crippen molar-refractivity contribution in [1.82, 2.24) is 0 Å². The summed E-state index contributed by atoms with van der Waals surface area (Å²) in [5, 5.41) is 9.61. The second kappa shape index (κ2) is 38.2. The first-order chi connectivity index (χ1) is 26.6. The zero-order chi connectivity index (χ0) is 40.7. The van der Waals surface area contributed by atoms with Crippen LogP contribution in [0.3, 0.4) is 0 Å². The van der Waals surface area contributed by atoms with E-state index in [2.05, 4.69) is 62.5 Å². The van der Waals surface area contributed by atoms with Gasteiger partial charge in [0.25, 0.3) is 0 Å². The third kappa shape index (κ3) is 36.7. The number of aliphatic carboxylic acids is 1. The van der Waals surface area contributed by atoms with Crippen molar-refractivity contribution in [3.8, 4) is 0 Å². The molecule has 0 aliphatic rings. The minimum atomic E-state index is -0.881. The highest BCUT2D eigenvalue weighted by Crippen LogP contribution is 2.13. The van der Waals surface area contributed by atoms with Gasteiger partial charge in [-0.3, -0.25) is 9.59 Å². The van der Waals surface area contributed by atoms with Crippen molar-refractivity contribution in [2.45, 2.75) is 193 Å². The summed E-state index contributed by atoms with van der Waals surface area (Å²) in [4.78, 5) is 36.9. The minimum Gasteiger partial charge on any atom is -0.477 e. The smallest absolute Gasteiger partial charge is 0.362 e. The number of unbranched alkanes of at least 4 members (excludes halogenated alkanes) is 19. The maximum Gasteiger partial charge on any atom is 0.362 e. The van der Waals surface area contributed by atoms with Crippen LogP contribution in [0, 0.1) is 0 Å². The molecule has 1 N–H and O–H groups in total. The Morgan fingerprint density at radius 3 is 1.47 bits per heavy atom. The van der Waals surface area contributed by atoms with Gasteiger partial charge in [0, 0.05) is 19.3 Å². The Balaban J connectivity index is 4.40. The number of esters is 2. The van der Waals surface area contributed by atoms with Gasteiger partial charge in [-0.2, -0.15) is 0 Å². The van der Waals surface area contributed by atoms with E-state index in [9.17, 15) is 19.5 Å². The molecular formula is C47H84NO7+. The number of carbonyl (C=O) groups excluding carboxylic acids is 2. The summed E-state index contributed by atoms with van der Waals surface area (Å²) < 4.78 is 17.2. The molecule has 0 amide bonds. The molecule has 8 nitrogen and oxygen atoms in total. The summed E-state index contributed by atoms with van der Waals surface area (Å²) >= 11 is 0. The van der Waals surface area contributed by atoms with Crippen LogP contribution in [0.25, 0.3) is 0 Å². The third-order valence-corrected chi connectivity index (χ3v) is 9.76. The summed E-state index contributed by atoms with van der Waals surface area (Å²) in [7, 11) is 5.51. The number of rotatable bonds is 39. The molecule has 0 aromatic heterocycles. The van der Waals surface area contributed by atoms with E-state index in [4.69, 9.17) is 14.2 Å². The van der Waals surface area contributed by atoms with E-state index in [0.29, 0.717) is 19.3 Å². The van der Waals surface area contributed by atoms with Gasteiger partial charge in [-0.05, 0) is 64.2 Å². The molecule has 0 aromatic rings. The summed E-state index contributed by atoms with van der Waals surface area (Å²) in [6.07, 6.45) is 44.3. The van der Waals surface area contributed by atoms with Crippen molar-refractivity contribution in [3.63, 3.8) is 0 Å². The molecule has 0 aromatic carbocycles. The maximum absolute atomic E-state index is 12.7. The Kier molecular flexibility index (Phi) is 36.3. The molecule has 0 bridgehead atoms. The number of carboxylic acids is 1. The lowest BCUT2D eigenvalue weighted by molar-refractivity contribution is -0.887. The summed E-state index contributed by atoms with van der Waals surface area (Å²) in [6.45, 7) is 4.67. The van der Waals surface area contributed by atoms with Crippen LogP contribution in [0.1, 0.15) is 181 Å². The molecule has 0 saturated heterocycles. The van der Waals surface area contributed by atoms with Gasteiger partial charge < -0.3 is 23.8 Å². The predicted molar refractivity (Wildman–Crippen MR) is 229 cm³/mol. The van der Waals surface area contributed by atoms with Gasteiger partial charge in [0.2, 0.25) is 0 Å². The van der Waals surface area contributed by atoms with Crippen molar-refractivity contribution >= 4 is 17.9 Å². The summed E-state index contributed by atoms with van der Waals surface area (Å²) in [5.74, 6) is -1.51. The number of carboxylic acid groups (broad SMARTS) is 1. The molecule has 318 valence electrons. The second-order valence-corrected chi connectivity index (χ2v) is 16.0. The van der Waals surface area contributed by atoms with E-state index in [1.165, 1.54) is 70.6 Å². The van der Waals surface area contributed by atoms with Crippen LogP contribution in [0.15, 0.2) is 48.6 Å². The highest BCUT2D eigenvalue weighted by Gasteiger charge is 2.31. The van der Waals surface area contributed by atoms with Crippen LogP contribution < -0.4 is 0 Å².